The third kappa shape index (κ3) is 8.84. The first-order chi connectivity index (χ1) is 30.3. The Balaban J connectivity index is 0.690. The Hall–Kier alpha value is -6.00. The van der Waals surface area contributed by atoms with Gasteiger partial charge in [-0.2, -0.15) is 5.10 Å². The molecule has 2 atom stereocenters. The zero-order valence-corrected chi connectivity index (χ0v) is 34.9. The number of carbonyl (C=O) groups is 3. The number of piperidine rings is 3. The number of aromatic nitrogens is 4. The summed E-state index contributed by atoms with van der Waals surface area (Å²) in [5.41, 5.74) is 11.3. The number of likely N-dealkylation sites (tertiary alicyclic amines) is 2. The van der Waals surface area contributed by atoms with Crippen LogP contribution in [0, 0.1) is 0 Å². The molecule has 3 aromatic carbocycles. The third-order valence-electron chi connectivity index (χ3n) is 12.6. The van der Waals surface area contributed by atoms with Crippen molar-refractivity contribution in [2.75, 3.05) is 71.4 Å². The molecule has 0 spiro atoms. The van der Waals surface area contributed by atoms with Crippen LogP contribution in [0.15, 0.2) is 91.4 Å². The van der Waals surface area contributed by atoms with E-state index in [9.17, 15) is 14.4 Å². The topological polar surface area (TPSA) is 170 Å². The number of anilines is 1. The smallest absolute Gasteiger partial charge is 0.262 e. The molecule has 4 aliphatic rings. The largest absolute Gasteiger partial charge is 0.457 e. The molecule has 3 N–H and O–H groups in total. The van der Waals surface area contributed by atoms with Gasteiger partial charge in [0.1, 0.15) is 35.4 Å². The lowest BCUT2D eigenvalue weighted by Crippen LogP contribution is -2.51. The molecule has 2 unspecified atom stereocenters. The second-order valence-electron chi connectivity index (χ2n) is 16.6. The molecule has 15 heteroatoms. The molecular formula is C47H53N9O6. The Kier molecular flexibility index (Phi) is 12.4. The quantitative estimate of drug-likeness (QED) is 0.0961. The van der Waals surface area contributed by atoms with Crippen LogP contribution in [0.2, 0.25) is 0 Å². The first-order valence-electron chi connectivity index (χ1n) is 21.7. The zero-order valence-electron chi connectivity index (χ0n) is 34.9. The van der Waals surface area contributed by atoms with E-state index in [2.05, 4.69) is 31.7 Å². The van der Waals surface area contributed by atoms with Crippen LogP contribution in [0.25, 0.3) is 22.3 Å². The predicted octanol–water partition coefficient (Wildman–Crippen LogP) is 5.81. The van der Waals surface area contributed by atoms with Crippen LogP contribution in [-0.2, 0) is 14.3 Å². The van der Waals surface area contributed by atoms with E-state index in [0.29, 0.717) is 67.8 Å². The van der Waals surface area contributed by atoms with Crippen LogP contribution >= 0.6 is 0 Å². The third-order valence-corrected chi connectivity index (χ3v) is 12.6. The fourth-order valence-corrected chi connectivity index (χ4v) is 9.21. The van der Waals surface area contributed by atoms with Crippen LogP contribution in [0.4, 0.5) is 5.82 Å². The molecule has 3 saturated heterocycles. The van der Waals surface area contributed by atoms with Crippen molar-refractivity contribution in [1.29, 1.82) is 0 Å². The van der Waals surface area contributed by atoms with E-state index in [4.69, 9.17) is 25.0 Å². The lowest BCUT2D eigenvalue weighted by molar-refractivity contribution is -0.125. The number of fused-ring (bicyclic) bond motifs is 2. The summed E-state index contributed by atoms with van der Waals surface area (Å²) in [4.78, 5) is 54.0. The molecule has 0 saturated carbocycles. The predicted molar refractivity (Wildman–Crippen MR) is 234 cm³/mol. The van der Waals surface area contributed by atoms with Crippen molar-refractivity contribution in [3.05, 3.63) is 108 Å². The second kappa shape index (κ2) is 18.5. The summed E-state index contributed by atoms with van der Waals surface area (Å²) in [5, 5.41) is 8.55. The molecule has 0 aliphatic carbocycles. The van der Waals surface area contributed by atoms with E-state index in [0.717, 1.165) is 109 Å². The SMILES string of the molecule is C=C1CCC(N2C(=O)c3ccc(C4CCN(CCOCCOCCN5CCCC(n6nc(-c7ccc(Oc8ccccc8)cc7)c7c(N)ncnc76)C5)CC4)cc3C2=O)C(=O)N1. The van der Waals surface area contributed by atoms with Crippen LogP contribution in [-0.4, -0.2) is 124 Å². The minimum atomic E-state index is -0.803. The van der Waals surface area contributed by atoms with Crippen LogP contribution in [0.5, 0.6) is 11.5 Å². The van der Waals surface area contributed by atoms with Gasteiger partial charge in [-0.05, 0) is 118 Å². The monoisotopic (exact) mass is 839 g/mol. The molecule has 0 radical (unpaired) electrons. The fourth-order valence-electron chi connectivity index (χ4n) is 9.21. The summed E-state index contributed by atoms with van der Waals surface area (Å²) >= 11 is 0. The van der Waals surface area contributed by atoms with Crippen molar-refractivity contribution < 1.29 is 28.6 Å². The lowest BCUT2D eigenvalue weighted by atomic mass is 9.88. The van der Waals surface area contributed by atoms with E-state index >= 15 is 0 Å². The second-order valence-corrected chi connectivity index (χ2v) is 16.6. The highest BCUT2D eigenvalue weighted by Crippen LogP contribution is 2.36. The summed E-state index contributed by atoms with van der Waals surface area (Å²) in [6, 6.07) is 22.5. The van der Waals surface area contributed by atoms with Crippen LogP contribution in [0.3, 0.4) is 0 Å². The number of allylic oxidation sites excluding steroid dienone is 1. The van der Waals surface area contributed by atoms with E-state index in [1.807, 2.05) is 71.4 Å². The summed E-state index contributed by atoms with van der Waals surface area (Å²) in [6.45, 7) is 11.5. The van der Waals surface area contributed by atoms with E-state index in [1.165, 1.54) is 6.33 Å². The van der Waals surface area contributed by atoms with Gasteiger partial charge < -0.3 is 30.2 Å². The Morgan fingerprint density at radius 1 is 0.774 bits per heavy atom. The Labute approximate surface area is 360 Å². The average Bonchev–Trinajstić information content (AvgIpc) is 3.80. The minimum Gasteiger partial charge on any atom is -0.457 e. The van der Waals surface area contributed by atoms with Crippen LogP contribution < -0.4 is 15.8 Å². The Morgan fingerprint density at radius 3 is 2.26 bits per heavy atom. The number of amides is 3. The number of nitrogen functional groups attached to an aromatic ring is 1. The van der Waals surface area contributed by atoms with Crippen molar-refractivity contribution in [2.24, 2.45) is 0 Å². The maximum absolute atomic E-state index is 13.4. The zero-order chi connectivity index (χ0) is 42.6. The number of hydrogen-bond acceptors (Lipinski definition) is 12. The number of benzene rings is 3. The van der Waals surface area contributed by atoms with Crippen molar-refractivity contribution in [2.45, 2.75) is 56.5 Å². The van der Waals surface area contributed by atoms with Crippen molar-refractivity contribution >= 4 is 34.6 Å². The number of ether oxygens (including phenoxy) is 3. The Bertz CT molecular complexity index is 2430. The molecule has 6 heterocycles. The number of imide groups is 1. The summed E-state index contributed by atoms with van der Waals surface area (Å²) in [5.74, 6) is 1.09. The minimum absolute atomic E-state index is 0.136. The van der Waals surface area contributed by atoms with Gasteiger partial charge in [-0.15, -0.1) is 0 Å². The summed E-state index contributed by atoms with van der Waals surface area (Å²) < 4.78 is 20.0. The first kappa shape index (κ1) is 41.4. The van der Waals surface area contributed by atoms with Gasteiger partial charge in [-0.1, -0.05) is 30.8 Å². The lowest BCUT2D eigenvalue weighted by Gasteiger charge is -2.32. The number of nitrogens with zero attached hydrogens (tertiary/aromatic N) is 7. The molecule has 3 amide bonds. The van der Waals surface area contributed by atoms with E-state index < -0.39 is 11.9 Å². The number of hydrogen-bond donors (Lipinski definition) is 2. The molecule has 3 fully saturated rings. The molecule has 322 valence electrons. The van der Waals surface area contributed by atoms with Gasteiger partial charge in [0.15, 0.2) is 5.65 Å². The average molecular weight is 840 g/mol. The first-order valence-corrected chi connectivity index (χ1v) is 21.7. The normalized spacial score (nSPS) is 20.2. The van der Waals surface area contributed by atoms with E-state index in [1.54, 1.807) is 6.07 Å². The van der Waals surface area contributed by atoms with Gasteiger partial charge in [0.25, 0.3) is 11.8 Å². The number of nitrogens with one attached hydrogen (secondary N) is 1. The number of nitrogens with two attached hydrogens (primary N) is 1. The highest BCUT2D eigenvalue weighted by molar-refractivity contribution is 6.23. The maximum atomic E-state index is 13.4. The van der Waals surface area contributed by atoms with Crippen molar-refractivity contribution in [3.63, 3.8) is 0 Å². The molecular weight excluding hydrogens is 787 g/mol. The Morgan fingerprint density at radius 2 is 1.50 bits per heavy atom. The number of para-hydroxylation sites is 1. The highest BCUT2D eigenvalue weighted by Gasteiger charge is 2.44. The summed E-state index contributed by atoms with van der Waals surface area (Å²) in [7, 11) is 0. The van der Waals surface area contributed by atoms with Gasteiger partial charge >= 0.3 is 0 Å². The van der Waals surface area contributed by atoms with Gasteiger partial charge in [0.2, 0.25) is 5.91 Å². The molecule has 0 bridgehead atoms. The van der Waals surface area contributed by atoms with Gasteiger partial charge in [0.05, 0.1) is 49.0 Å². The maximum Gasteiger partial charge on any atom is 0.262 e. The molecule has 4 aliphatic heterocycles. The molecule has 5 aromatic rings. The van der Waals surface area contributed by atoms with Crippen molar-refractivity contribution in [3.8, 4) is 22.8 Å². The molecule has 62 heavy (non-hydrogen) atoms. The summed E-state index contributed by atoms with van der Waals surface area (Å²) in [6.07, 6.45) is 6.38. The molecule has 9 rings (SSSR count). The van der Waals surface area contributed by atoms with Gasteiger partial charge in [-0.25, -0.2) is 14.6 Å². The number of rotatable bonds is 15. The standard InChI is InChI=1S/C47H53N9O6/c1-31-9-16-40(45(57)51-31)55-46(58)38-15-12-34(28-39(38)47(55)59)32-17-20-53(21-18-32)22-24-60-26-27-61-25-23-54-19-5-6-35(29-54)56-44-41(43(48)49-30-50-44)42(52-56)33-10-13-37(14-11-33)62-36-7-3-2-4-8-36/h2-4,7-8,10-15,28,30,32,35,40H,1,5-6,9,16-27,29H2,(H,51,57)(H2,48,49,50). The van der Waals surface area contributed by atoms with Crippen LogP contribution in [0.1, 0.15) is 76.8 Å². The highest BCUT2D eigenvalue weighted by atomic mass is 16.5. The molecule has 2 aromatic heterocycles. The fraction of sp³-hybridized carbons (Fsp3) is 0.404. The van der Waals surface area contributed by atoms with Gasteiger partial charge in [-0.3, -0.25) is 24.2 Å². The number of carbonyl (C=O) groups excluding carboxylic acids is 3. The van der Waals surface area contributed by atoms with Crippen molar-refractivity contribution in [1.82, 2.24) is 39.8 Å². The van der Waals surface area contributed by atoms with Gasteiger partial charge in [0, 0.05) is 30.9 Å². The molecule has 15 nitrogen and oxygen atoms in total. The van der Waals surface area contributed by atoms with E-state index in [-0.39, 0.29) is 17.9 Å².